The molecule has 0 radical (unpaired) electrons. The molecule has 1 aromatic carbocycles. The van der Waals surface area contributed by atoms with Gasteiger partial charge < -0.3 is 5.32 Å². The highest BCUT2D eigenvalue weighted by molar-refractivity contribution is 5.38. The first kappa shape index (κ1) is 15.8. The van der Waals surface area contributed by atoms with Crippen LogP contribution in [0.25, 0.3) is 0 Å². The molecule has 1 N–H and O–H groups in total. The fourth-order valence-corrected chi connectivity index (χ4v) is 2.94. The normalized spacial score (nSPS) is 12.6. The third-order valence-corrected chi connectivity index (χ3v) is 3.76. The van der Waals surface area contributed by atoms with Crippen molar-refractivity contribution in [2.45, 2.75) is 46.6 Å². The Balaban J connectivity index is 2.46. The van der Waals surface area contributed by atoms with Gasteiger partial charge in [-0.15, -0.1) is 0 Å². The van der Waals surface area contributed by atoms with Crippen LogP contribution in [0.15, 0.2) is 24.4 Å². The molecule has 3 heteroatoms. The monoisotopic (exact) mass is 285 g/mol. The molecule has 0 saturated carbocycles. The second-order valence-electron chi connectivity index (χ2n) is 5.87. The molecule has 1 unspecified atom stereocenters. The van der Waals surface area contributed by atoms with E-state index < -0.39 is 0 Å². The van der Waals surface area contributed by atoms with Crippen LogP contribution in [0.3, 0.4) is 0 Å². The van der Waals surface area contributed by atoms with Gasteiger partial charge in [0.15, 0.2) is 0 Å². The van der Waals surface area contributed by atoms with Gasteiger partial charge in [0.25, 0.3) is 0 Å². The summed E-state index contributed by atoms with van der Waals surface area (Å²) in [6.45, 7) is 9.71. The summed E-state index contributed by atoms with van der Waals surface area (Å²) in [4.78, 5) is 0. The van der Waals surface area contributed by atoms with E-state index in [0.29, 0.717) is 0 Å². The minimum absolute atomic E-state index is 0.229. The molecule has 0 aliphatic heterocycles. The zero-order valence-corrected chi connectivity index (χ0v) is 13.9. The van der Waals surface area contributed by atoms with Crippen LogP contribution in [-0.4, -0.2) is 16.3 Å². The van der Waals surface area contributed by atoms with Crippen molar-refractivity contribution in [3.05, 3.63) is 52.3 Å². The Morgan fingerprint density at radius 3 is 2.38 bits per heavy atom. The maximum Gasteiger partial charge on any atom is 0.0673 e. The molecule has 21 heavy (non-hydrogen) atoms. The number of nitrogens with one attached hydrogen (secondary N) is 1. The molecule has 0 spiro atoms. The van der Waals surface area contributed by atoms with E-state index in [1.807, 2.05) is 11.7 Å². The maximum absolute atomic E-state index is 4.61. The molecule has 0 bridgehead atoms. The average Bonchev–Trinajstić information content (AvgIpc) is 2.79. The summed E-state index contributed by atoms with van der Waals surface area (Å²) in [5.41, 5.74) is 6.46. The van der Waals surface area contributed by atoms with Crippen LogP contribution in [0, 0.1) is 13.8 Å². The van der Waals surface area contributed by atoms with Crippen LogP contribution < -0.4 is 5.32 Å². The number of hydrogen-bond acceptors (Lipinski definition) is 2. The quantitative estimate of drug-likeness (QED) is 0.877. The molecule has 0 fully saturated rings. The molecule has 2 rings (SSSR count). The lowest BCUT2D eigenvalue weighted by atomic mass is 9.95. The summed E-state index contributed by atoms with van der Waals surface area (Å²) in [5, 5.41) is 8.30. The summed E-state index contributed by atoms with van der Waals surface area (Å²) in [6.07, 6.45) is 4.25. The van der Waals surface area contributed by atoms with E-state index >= 15 is 0 Å². The van der Waals surface area contributed by atoms with Crippen LogP contribution in [0.5, 0.6) is 0 Å². The van der Waals surface area contributed by atoms with E-state index in [9.17, 15) is 0 Å². The number of nitrogens with zero attached hydrogens (tertiary/aromatic N) is 2. The molecule has 3 nitrogen and oxygen atoms in total. The summed E-state index contributed by atoms with van der Waals surface area (Å²) in [5.74, 6) is 0. The second-order valence-corrected chi connectivity index (χ2v) is 5.87. The van der Waals surface area contributed by atoms with Gasteiger partial charge in [0, 0.05) is 18.8 Å². The highest BCUT2D eigenvalue weighted by Gasteiger charge is 2.19. The van der Waals surface area contributed by atoms with Gasteiger partial charge >= 0.3 is 0 Å². The minimum Gasteiger partial charge on any atom is -0.306 e. The van der Waals surface area contributed by atoms with Crippen molar-refractivity contribution < 1.29 is 0 Å². The van der Waals surface area contributed by atoms with Crippen molar-refractivity contribution in [2.24, 2.45) is 7.05 Å². The van der Waals surface area contributed by atoms with Crippen LogP contribution >= 0.6 is 0 Å². The van der Waals surface area contributed by atoms with E-state index in [2.05, 4.69) is 62.5 Å². The van der Waals surface area contributed by atoms with Crippen molar-refractivity contribution in [2.75, 3.05) is 6.54 Å². The minimum atomic E-state index is 0.229. The summed E-state index contributed by atoms with van der Waals surface area (Å²) >= 11 is 0. The molecule has 0 saturated heterocycles. The molecular weight excluding hydrogens is 258 g/mol. The van der Waals surface area contributed by atoms with Crippen molar-refractivity contribution in [1.29, 1.82) is 0 Å². The van der Waals surface area contributed by atoms with Gasteiger partial charge in [-0.3, -0.25) is 4.68 Å². The van der Waals surface area contributed by atoms with E-state index in [4.69, 9.17) is 0 Å². The number of hydrogen-bond donors (Lipinski definition) is 1. The third-order valence-electron chi connectivity index (χ3n) is 3.76. The highest BCUT2D eigenvalue weighted by Crippen LogP contribution is 2.26. The van der Waals surface area contributed by atoms with Crippen molar-refractivity contribution in [3.63, 3.8) is 0 Å². The molecule has 1 heterocycles. The Labute approximate surface area is 128 Å². The third kappa shape index (κ3) is 3.73. The zero-order valence-electron chi connectivity index (χ0n) is 13.9. The molecule has 1 atom stereocenters. The standard InChI is InChI=1S/C18H27N3/c1-6-8-19-18(15-10-13(3)9-14(4)11-15)16-12-21(5)20-17(16)7-2/h9-12,18-19H,6-8H2,1-5H3. The molecule has 0 aliphatic carbocycles. The van der Waals surface area contributed by atoms with Crippen LogP contribution in [0.1, 0.15) is 54.3 Å². The molecule has 2 aromatic rings. The molecule has 0 amide bonds. The number of aromatic nitrogens is 2. The summed E-state index contributed by atoms with van der Waals surface area (Å²) < 4.78 is 1.93. The molecule has 1 aromatic heterocycles. The van der Waals surface area contributed by atoms with Crippen molar-refractivity contribution in [3.8, 4) is 0 Å². The first-order chi connectivity index (χ1) is 10.0. The Bertz CT molecular complexity index is 578. The second kappa shape index (κ2) is 6.90. The number of aryl methyl sites for hydroxylation is 4. The van der Waals surface area contributed by atoms with Crippen LogP contribution in [0.4, 0.5) is 0 Å². The van der Waals surface area contributed by atoms with Crippen molar-refractivity contribution in [1.82, 2.24) is 15.1 Å². The molecule has 0 aliphatic rings. The van der Waals surface area contributed by atoms with Gasteiger partial charge in [-0.05, 0) is 38.8 Å². The van der Waals surface area contributed by atoms with Crippen molar-refractivity contribution >= 4 is 0 Å². The lowest BCUT2D eigenvalue weighted by Gasteiger charge is -2.20. The fourth-order valence-electron chi connectivity index (χ4n) is 2.94. The smallest absolute Gasteiger partial charge is 0.0673 e. The Hall–Kier alpha value is -1.61. The first-order valence-electron chi connectivity index (χ1n) is 7.89. The van der Waals surface area contributed by atoms with Gasteiger partial charge in [0.2, 0.25) is 0 Å². The maximum atomic E-state index is 4.61. The molecular formula is C18H27N3. The van der Waals surface area contributed by atoms with Gasteiger partial charge in [-0.25, -0.2) is 0 Å². The van der Waals surface area contributed by atoms with E-state index in [1.165, 1.54) is 27.9 Å². The topological polar surface area (TPSA) is 29.9 Å². The first-order valence-corrected chi connectivity index (χ1v) is 7.89. The summed E-state index contributed by atoms with van der Waals surface area (Å²) in [7, 11) is 2.00. The fraction of sp³-hybridized carbons (Fsp3) is 0.500. The highest BCUT2D eigenvalue weighted by atomic mass is 15.3. The van der Waals surface area contributed by atoms with Gasteiger partial charge in [-0.1, -0.05) is 43.2 Å². The van der Waals surface area contributed by atoms with Gasteiger partial charge in [0.05, 0.1) is 11.7 Å². The van der Waals surface area contributed by atoms with E-state index in [-0.39, 0.29) is 6.04 Å². The SMILES string of the molecule is CCCNC(c1cc(C)cc(C)c1)c1cn(C)nc1CC. The number of benzene rings is 1. The predicted octanol–water partition coefficient (Wildman–Crippen LogP) is 3.69. The lowest BCUT2D eigenvalue weighted by molar-refractivity contribution is 0.594. The van der Waals surface area contributed by atoms with Gasteiger partial charge in [-0.2, -0.15) is 5.10 Å². The molecule has 114 valence electrons. The Morgan fingerprint density at radius 2 is 1.81 bits per heavy atom. The van der Waals surface area contributed by atoms with Gasteiger partial charge in [0.1, 0.15) is 0 Å². The zero-order chi connectivity index (χ0) is 15.4. The average molecular weight is 285 g/mol. The van der Waals surface area contributed by atoms with E-state index in [0.717, 1.165) is 19.4 Å². The largest absolute Gasteiger partial charge is 0.306 e. The predicted molar refractivity (Wildman–Crippen MR) is 88.6 cm³/mol. The Morgan fingerprint density at radius 1 is 1.14 bits per heavy atom. The Kier molecular flexibility index (Phi) is 5.18. The summed E-state index contributed by atoms with van der Waals surface area (Å²) in [6, 6.07) is 7.02. The number of rotatable bonds is 6. The van der Waals surface area contributed by atoms with Crippen LogP contribution in [-0.2, 0) is 13.5 Å². The van der Waals surface area contributed by atoms with E-state index in [1.54, 1.807) is 0 Å². The lowest BCUT2D eigenvalue weighted by Crippen LogP contribution is -2.24. The van der Waals surface area contributed by atoms with Crippen LogP contribution in [0.2, 0.25) is 0 Å².